The van der Waals surface area contributed by atoms with Crippen LogP contribution in [-0.2, 0) is 4.74 Å². The minimum absolute atomic E-state index is 0.395. The summed E-state index contributed by atoms with van der Waals surface area (Å²) in [5, 5.41) is 23.1. The maximum absolute atomic E-state index is 9.99. The van der Waals surface area contributed by atoms with Crippen molar-refractivity contribution in [3.8, 4) is 0 Å². The maximum Gasteiger partial charge on any atom is 0.205 e. The smallest absolute Gasteiger partial charge is 0.205 e. The van der Waals surface area contributed by atoms with E-state index in [0.717, 1.165) is 36.4 Å². The Labute approximate surface area is 117 Å². The van der Waals surface area contributed by atoms with Crippen LogP contribution in [0.5, 0.6) is 0 Å². The van der Waals surface area contributed by atoms with E-state index in [0.29, 0.717) is 19.0 Å². The van der Waals surface area contributed by atoms with Gasteiger partial charge >= 0.3 is 0 Å². The SMILES string of the molecule is CC(C)c1nnc(NCC(O)CN2CCOCC2)s1. The van der Waals surface area contributed by atoms with Gasteiger partial charge in [0.05, 0.1) is 19.3 Å². The van der Waals surface area contributed by atoms with Gasteiger partial charge in [0.2, 0.25) is 5.13 Å². The van der Waals surface area contributed by atoms with Crippen molar-refractivity contribution in [3.05, 3.63) is 5.01 Å². The van der Waals surface area contributed by atoms with Crippen LogP contribution in [-0.4, -0.2) is 65.7 Å². The number of aliphatic hydroxyl groups is 1. The van der Waals surface area contributed by atoms with Crippen LogP contribution in [0.3, 0.4) is 0 Å². The Kier molecular flexibility index (Phi) is 5.50. The lowest BCUT2D eigenvalue weighted by atomic mass is 10.2. The molecule has 1 aliphatic heterocycles. The van der Waals surface area contributed by atoms with Crippen molar-refractivity contribution >= 4 is 16.5 Å². The van der Waals surface area contributed by atoms with E-state index in [1.54, 1.807) is 11.3 Å². The average molecular weight is 286 g/mol. The van der Waals surface area contributed by atoms with Crippen LogP contribution in [0.25, 0.3) is 0 Å². The zero-order chi connectivity index (χ0) is 13.7. The summed E-state index contributed by atoms with van der Waals surface area (Å²) in [6.45, 7) is 8.68. The first-order chi connectivity index (χ1) is 9.15. The van der Waals surface area contributed by atoms with Gasteiger partial charge in [-0.25, -0.2) is 0 Å². The maximum atomic E-state index is 9.99. The fourth-order valence-corrected chi connectivity index (χ4v) is 2.64. The summed E-state index contributed by atoms with van der Waals surface area (Å²) < 4.78 is 5.28. The van der Waals surface area contributed by atoms with E-state index in [4.69, 9.17) is 4.74 Å². The lowest BCUT2D eigenvalue weighted by molar-refractivity contribution is 0.0171. The minimum atomic E-state index is -0.399. The largest absolute Gasteiger partial charge is 0.390 e. The van der Waals surface area contributed by atoms with Gasteiger partial charge in [0.25, 0.3) is 0 Å². The zero-order valence-corrected chi connectivity index (χ0v) is 12.3. The molecule has 2 heterocycles. The number of aliphatic hydroxyl groups excluding tert-OH is 1. The third-order valence-electron chi connectivity index (χ3n) is 3.00. The van der Waals surface area contributed by atoms with Gasteiger partial charge in [-0.05, 0) is 0 Å². The van der Waals surface area contributed by atoms with Gasteiger partial charge in [0, 0.05) is 32.1 Å². The van der Waals surface area contributed by atoms with Crippen molar-refractivity contribution in [2.75, 3.05) is 44.7 Å². The summed E-state index contributed by atoms with van der Waals surface area (Å²) in [5.74, 6) is 0.395. The first kappa shape index (κ1) is 14.6. The van der Waals surface area contributed by atoms with Crippen LogP contribution in [0.15, 0.2) is 0 Å². The molecule has 0 amide bonds. The molecule has 1 aromatic heterocycles. The molecule has 1 aromatic rings. The molecular weight excluding hydrogens is 264 g/mol. The Bertz CT molecular complexity index is 380. The molecule has 1 saturated heterocycles. The molecular formula is C12H22N4O2S. The second kappa shape index (κ2) is 7.14. The van der Waals surface area contributed by atoms with Gasteiger partial charge in [0.15, 0.2) is 0 Å². The third-order valence-corrected chi connectivity index (χ3v) is 4.18. The number of hydrogen-bond acceptors (Lipinski definition) is 7. The zero-order valence-electron chi connectivity index (χ0n) is 11.5. The molecule has 0 saturated carbocycles. The molecule has 1 aliphatic rings. The van der Waals surface area contributed by atoms with E-state index in [-0.39, 0.29) is 0 Å². The van der Waals surface area contributed by atoms with E-state index >= 15 is 0 Å². The van der Waals surface area contributed by atoms with Crippen LogP contribution >= 0.6 is 11.3 Å². The predicted molar refractivity (Wildman–Crippen MR) is 75.8 cm³/mol. The number of ether oxygens (including phenoxy) is 1. The standard InChI is InChI=1S/C12H22N4O2S/c1-9(2)11-14-15-12(19-11)13-7-10(17)8-16-3-5-18-6-4-16/h9-10,17H,3-8H2,1-2H3,(H,13,15). The monoisotopic (exact) mass is 286 g/mol. The molecule has 0 aromatic carbocycles. The summed E-state index contributed by atoms with van der Waals surface area (Å²) in [5.41, 5.74) is 0. The molecule has 108 valence electrons. The highest BCUT2D eigenvalue weighted by atomic mass is 32.1. The summed E-state index contributed by atoms with van der Waals surface area (Å²) in [7, 11) is 0. The molecule has 7 heteroatoms. The van der Waals surface area contributed by atoms with Crippen molar-refractivity contribution in [3.63, 3.8) is 0 Å². The van der Waals surface area contributed by atoms with Crippen molar-refractivity contribution in [1.82, 2.24) is 15.1 Å². The molecule has 0 bridgehead atoms. The van der Waals surface area contributed by atoms with Crippen molar-refractivity contribution in [2.45, 2.75) is 25.9 Å². The van der Waals surface area contributed by atoms with Crippen LogP contribution in [0.2, 0.25) is 0 Å². The fourth-order valence-electron chi connectivity index (χ4n) is 1.89. The van der Waals surface area contributed by atoms with Gasteiger partial charge in [-0.15, -0.1) is 10.2 Å². The van der Waals surface area contributed by atoms with Gasteiger partial charge in [-0.3, -0.25) is 4.90 Å². The first-order valence-corrected chi connectivity index (χ1v) is 7.52. The number of anilines is 1. The molecule has 0 spiro atoms. The third kappa shape index (κ3) is 4.68. The summed E-state index contributed by atoms with van der Waals surface area (Å²) in [4.78, 5) is 2.22. The second-order valence-corrected chi connectivity index (χ2v) is 6.06. The summed E-state index contributed by atoms with van der Waals surface area (Å²) >= 11 is 1.55. The van der Waals surface area contributed by atoms with E-state index in [9.17, 15) is 5.11 Å². The Morgan fingerprint density at radius 2 is 2.11 bits per heavy atom. The number of hydrogen-bond donors (Lipinski definition) is 2. The van der Waals surface area contributed by atoms with E-state index in [2.05, 4.69) is 34.3 Å². The van der Waals surface area contributed by atoms with Crippen LogP contribution < -0.4 is 5.32 Å². The molecule has 1 atom stereocenters. The quantitative estimate of drug-likeness (QED) is 0.805. The lowest BCUT2D eigenvalue weighted by Gasteiger charge is -2.28. The molecule has 1 fully saturated rings. The van der Waals surface area contributed by atoms with Crippen molar-refractivity contribution in [2.24, 2.45) is 0 Å². The van der Waals surface area contributed by atoms with Crippen molar-refractivity contribution < 1.29 is 9.84 Å². The number of aromatic nitrogens is 2. The average Bonchev–Trinajstić information content (AvgIpc) is 2.86. The molecule has 0 aliphatic carbocycles. The van der Waals surface area contributed by atoms with Crippen LogP contribution in [0.4, 0.5) is 5.13 Å². The van der Waals surface area contributed by atoms with E-state index < -0.39 is 6.10 Å². The van der Waals surface area contributed by atoms with Gasteiger partial charge < -0.3 is 15.2 Å². The highest BCUT2D eigenvalue weighted by Gasteiger charge is 2.15. The highest BCUT2D eigenvalue weighted by Crippen LogP contribution is 2.22. The van der Waals surface area contributed by atoms with Crippen molar-refractivity contribution in [1.29, 1.82) is 0 Å². The number of β-amino-alcohol motifs (C(OH)–C–C–N with tert-alkyl or cyclic N) is 1. The normalized spacial score (nSPS) is 18.7. The Balaban J connectivity index is 1.71. The number of morpholine rings is 1. The van der Waals surface area contributed by atoms with E-state index in [1.807, 2.05) is 0 Å². The Morgan fingerprint density at radius 3 is 2.74 bits per heavy atom. The van der Waals surface area contributed by atoms with E-state index in [1.165, 1.54) is 0 Å². The molecule has 2 N–H and O–H groups in total. The number of nitrogens with zero attached hydrogens (tertiary/aromatic N) is 3. The highest BCUT2D eigenvalue weighted by molar-refractivity contribution is 7.15. The summed E-state index contributed by atoms with van der Waals surface area (Å²) in [6.07, 6.45) is -0.399. The topological polar surface area (TPSA) is 70.5 Å². The van der Waals surface area contributed by atoms with Gasteiger partial charge in [-0.2, -0.15) is 0 Å². The van der Waals surface area contributed by atoms with Crippen LogP contribution in [0, 0.1) is 0 Å². The first-order valence-electron chi connectivity index (χ1n) is 6.70. The predicted octanol–water partition coefficient (Wildman–Crippen LogP) is 0.766. The van der Waals surface area contributed by atoms with Gasteiger partial charge in [-0.1, -0.05) is 25.2 Å². The molecule has 6 nitrogen and oxygen atoms in total. The minimum Gasteiger partial charge on any atom is -0.390 e. The molecule has 2 rings (SSSR count). The van der Waals surface area contributed by atoms with Gasteiger partial charge in [0.1, 0.15) is 5.01 Å². The molecule has 19 heavy (non-hydrogen) atoms. The fraction of sp³-hybridized carbons (Fsp3) is 0.833. The molecule has 0 radical (unpaired) electrons. The number of nitrogens with one attached hydrogen (secondary N) is 1. The lowest BCUT2D eigenvalue weighted by Crippen LogP contribution is -2.42. The molecule has 1 unspecified atom stereocenters. The Hall–Kier alpha value is -0.760. The summed E-state index contributed by atoms with van der Waals surface area (Å²) in [6, 6.07) is 0. The second-order valence-electron chi connectivity index (χ2n) is 5.05. The number of rotatable bonds is 6. The van der Waals surface area contributed by atoms with Crippen LogP contribution in [0.1, 0.15) is 24.8 Å². The Morgan fingerprint density at radius 1 is 1.37 bits per heavy atom.